The number of benzene rings is 2. The van der Waals surface area contributed by atoms with E-state index in [1.165, 1.54) is 76.3 Å². The summed E-state index contributed by atoms with van der Waals surface area (Å²) in [6, 6.07) is 3.64. The molecule has 0 atom stereocenters. The molecule has 3 rings (SSSR count). The number of hydrogen-bond donors (Lipinski definition) is 0. The van der Waals surface area contributed by atoms with Crippen LogP contribution in [0.1, 0.15) is 83.1 Å². The molecular weight excluding hydrogens is 376 g/mol. The molecule has 0 radical (unpaired) electrons. The Morgan fingerprint density at radius 3 is 2.07 bits per heavy atom. The van der Waals surface area contributed by atoms with Crippen LogP contribution in [0.2, 0.25) is 0 Å². The quantitative estimate of drug-likeness (QED) is 0.222. The van der Waals surface area contributed by atoms with Crippen molar-refractivity contribution in [1.29, 1.82) is 0 Å². The molecule has 2 aromatic rings. The molecule has 0 bridgehead atoms. The number of fused-ring (bicyclic) bond motifs is 1. The van der Waals surface area contributed by atoms with E-state index in [9.17, 15) is 17.6 Å². The molecular formula is C25H32F4. The first-order valence-corrected chi connectivity index (χ1v) is 11.3. The molecule has 0 spiro atoms. The van der Waals surface area contributed by atoms with E-state index in [0.717, 1.165) is 18.4 Å². The van der Waals surface area contributed by atoms with E-state index in [1.807, 2.05) is 0 Å². The van der Waals surface area contributed by atoms with Gasteiger partial charge in [-0.1, -0.05) is 83.3 Å². The molecule has 2 aromatic carbocycles. The highest BCUT2D eigenvalue weighted by Crippen LogP contribution is 2.35. The largest absolute Gasteiger partial charge is 0.206 e. The molecule has 0 unspecified atom stereocenters. The number of unbranched alkanes of at least 4 members (excludes halogenated alkanes) is 4. The normalized spacial score (nSPS) is 19.8. The molecule has 1 fully saturated rings. The molecule has 160 valence electrons. The van der Waals surface area contributed by atoms with Crippen molar-refractivity contribution in [3.05, 3.63) is 47.0 Å². The number of aryl methyl sites for hydroxylation is 1. The van der Waals surface area contributed by atoms with Crippen molar-refractivity contribution in [3.8, 4) is 0 Å². The number of hydrogen-bond acceptors (Lipinski definition) is 0. The van der Waals surface area contributed by atoms with Crippen LogP contribution in [0, 0.1) is 35.1 Å². The van der Waals surface area contributed by atoms with Crippen molar-refractivity contribution in [2.45, 2.75) is 84.0 Å². The molecule has 1 saturated carbocycles. The first kappa shape index (κ1) is 22.1. The van der Waals surface area contributed by atoms with Crippen LogP contribution in [0.15, 0.2) is 18.2 Å². The molecule has 29 heavy (non-hydrogen) atoms. The zero-order chi connectivity index (χ0) is 20.8. The Bertz CT molecular complexity index is 806. The Morgan fingerprint density at radius 2 is 1.38 bits per heavy atom. The fraction of sp³-hybridized carbons (Fsp3) is 0.600. The van der Waals surface area contributed by atoms with Crippen LogP contribution in [0.5, 0.6) is 0 Å². The standard InChI is InChI=1S/C25H32F4/c1-2-3-4-5-6-7-17-8-10-18(11-9-17)12-13-19-14-15-20-21(23(19)27)16-22(26)25(29)24(20)28/h14-18H,2-13H2,1H3. The van der Waals surface area contributed by atoms with Crippen molar-refractivity contribution in [2.75, 3.05) is 0 Å². The second-order valence-corrected chi connectivity index (χ2v) is 8.75. The Kier molecular flexibility index (Phi) is 7.97. The third-order valence-corrected chi connectivity index (χ3v) is 6.67. The predicted molar refractivity (Wildman–Crippen MR) is 111 cm³/mol. The summed E-state index contributed by atoms with van der Waals surface area (Å²) in [7, 11) is 0. The average Bonchev–Trinajstić information content (AvgIpc) is 2.73. The molecule has 0 aromatic heterocycles. The third-order valence-electron chi connectivity index (χ3n) is 6.67. The second-order valence-electron chi connectivity index (χ2n) is 8.75. The van der Waals surface area contributed by atoms with E-state index in [1.54, 1.807) is 0 Å². The summed E-state index contributed by atoms with van der Waals surface area (Å²) in [4.78, 5) is 0. The van der Waals surface area contributed by atoms with Crippen LogP contribution >= 0.6 is 0 Å². The minimum Gasteiger partial charge on any atom is -0.206 e. The van der Waals surface area contributed by atoms with Crippen molar-refractivity contribution in [3.63, 3.8) is 0 Å². The lowest BCUT2D eigenvalue weighted by atomic mass is 9.77. The van der Waals surface area contributed by atoms with Gasteiger partial charge in [0.25, 0.3) is 0 Å². The fourth-order valence-electron chi connectivity index (χ4n) is 4.78. The van der Waals surface area contributed by atoms with Gasteiger partial charge < -0.3 is 0 Å². The SMILES string of the molecule is CCCCCCCC1CCC(CCc2ccc3c(F)c(F)c(F)cc3c2F)CC1. The first-order chi connectivity index (χ1) is 14.0. The van der Waals surface area contributed by atoms with E-state index < -0.39 is 23.3 Å². The summed E-state index contributed by atoms with van der Waals surface area (Å²) in [6.45, 7) is 2.24. The molecule has 0 amide bonds. The minimum absolute atomic E-state index is 0.175. The van der Waals surface area contributed by atoms with Crippen LogP contribution in [0.25, 0.3) is 10.8 Å². The van der Waals surface area contributed by atoms with Crippen LogP contribution in [0.4, 0.5) is 17.6 Å². The molecule has 1 aliphatic rings. The van der Waals surface area contributed by atoms with Gasteiger partial charge in [0.15, 0.2) is 17.5 Å². The van der Waals surface area contributed by atoms with Crippen LogP contribution in [-0.2, 0) is 6.42 Å². The van der Waals surface area contributed by atoms with Gasteiger partial charge in [-0.3, -0.25) is 0 Å². The molecule has 1 aliphatic carbocycles. The first-order valence-electron chi connectivity index (χ1n) is 11.3. The van der Waals surface area contributed by atoms with E-state index in [0.29, 0.717) is 17.9 Å². The van der Waals surface area contributed by atoms with Gasteiger partial charge in [-0.2, -0.15) is 0 Å². The smallest absolute Gasteiger partial charge is 0.195 e. The number of rotatable bonds is 9. The van der Waals surface area contributed by atoms with Gasteiger partial charge in [0.2, 0.25) is 0 Å². The topological polar surface area (TPSA) is 0 Å². The summed E-state index contributed by atoms with van der Waals surface area (Å²) in [5, 5.41) is -0.379. The lowest BCUT2D eigenvalue weighted by Gasteiger charge is -2.28. The van der Waals surface area contributed by atoms with E-state index in [4.69, 9.17) is 0 Å². The molecule has 0 N–H and O–H groups in total. The monoisotopic (exact) mass is 408 g/mol. The van der Waals surface area contributed by atoms with Gasteiger partial charge in [-0.25, -0.2) is 17.6 Å². The highest BCUT2D eigenvalue weighted by Gasteiger charge is 2.22. The van der Waals surface area contributed by atoms with Crippen LogP contribution in [-0.4, -0.2) is 0 Å². The highest BCUT2D eigenvalue weighted by molar-refractivity contribution is 5.84. The van der Waals surface area contributed by atoms with Crippen LogP contribution < -0.4 is 0 Å². The van der Waals surface area contributed by atoms with E-state index in [2.05, 4.69) is 6.92 Å². The van der Waals surface area contributed by atoms with Crippen molar-refractivity contribution in [1.82, 2.24) is 0 Å². The van der Waals surface area contributed by atoms with Crippen molar-refractivity contribution in [2.24, 2.45) is 11.8 Å². The van der Waals surface area contributed by atoms with Crippen molar-refractivity contribution >= 4 is 10.8 Å². The fourth-order valence-corrected chi connectivity index (χ4v) is 4.78. The van der Waals surface area contributed by atoms with Gasteiger partial charge in [0.05, 0.1) is 0 Å². The van der Waals surface area contributed by atoms with Gasteiger partial charge >= 0.3 is 0 Å². The van der Waals surface area contributed by atoms with E-state index >= 15 is 0 Å². The van der Waals surface area contributed by atoms with Gasteiger partial charge in [-0.05, 0) is 36.3 Å². The number of halogens is 4. The van der Waals surface area contributed by atoms with Crippen LogP contribution in [0.3, 0.4) is 0 Å². The molecule has 0 nitrogen and oxygen atoms in total. The average molecular weight is 409 g/mol. The van der Waals surface area contributed by atoms with E-state index in [-0.39, 0.29) is 10.8 Å². The molecule has 0 heterocycles. The summed E-state index contributed by atoms with van der Waals surface area (Å²) in [6.07, 6.45) is 14.3. The van der Waals surface area contributed by atoms with Gasteiger partial charge in [-0.15, -0.1) is 0 Å². The third kappa shape index (κ3) is 5.52. The van der Waals surface area contributed by atoms with Gasteiger partial charge in [0.1, 0.15) is 5.82 Å². The molecule has 0 aliphatic heterocycles. The Labute approximate surface area is 171 Å². The van der Waals surface area contributed by atoms with Crippen molar-refractivity contribution < 1.29 is 17.6 Å². The maximum absolute atomic E-state index is 14.7. The molecule has 0 saturated heterocycles. The summed E-state index contributed by atoms with van der Waals surface area (Å²) >= 11 is 0. The second kappa shape index (κ2) is 10.4. The highest BCUT2D eigenvalue weighted by atomic mass is 19.2. The summed E-state index contributed by atoms with van der Waals surface area (Å²) in [5.74, 6) is -3.42. The zero-order valence-electron chi connectivity index (χ0n) is 17.4. The summed E-state index contributed by atoms with van der Waals surface area (Å²) < 4.78 is 55.5. The van der Waals surface area contributed by atoms with Gasteiger partial charge in [0, 0.05) is 10.8 Å². The maximum Gasteiger partial charge on any atom is 0.195 e. The summed E-state index contributed by atoms with van der Waals surface area (Å²) in [5.41, 5.74) is 0.459. The Balaban J connectivity index is 1.50. The Hall–Kier alpha value is -1.58. The lowest BCUT2D eigenvalue weighted by molar-refractivity contribution is 0.248. The predicted octanol–water partition coefficient (Wildman–Crippen LogP) is 8.50. The zero-order valence-corrected chi connectivity index (χ0v) is 17.4. The molecule has 4 heteroatoms. The Morgan fingerprint density at radius 1 is 0.724 bits per heavy atom. The maximum atomic E-state index is 14.7. The lowest BCUT2D eigenvalue weighted by Crippen LogP contribution is -2.15. The minimum atomic E-state index is -1.55.